The predicted molar refractivity (Wildman–Crippen MR) is 98.9 cm³/mol. The molecule has 0 bridgehead atoms. The van der Waals surface area contributed by atoms with Gasteiger partial charge in [-0.3, -0.25) is 9.59 Å². The SMILES string of the molecule is COc1ccc([C@@H]2CC(=O)NC3=C2C(=O)C[C@H](c2ccc(F)cc2)C3)cc1. The minimum atomic E-state index is -0.300. The highest BCUT2D eigenvalue weighted by atomic mass is 19.1. The number of ether oxygens (including phenoxy) is 1. The van der Waals surface area contributed by atoms with E-state index in [1.54, 1.807) is 19.2 Å². The number of allylic oxidation sites excluding steroid dienone is 2. The number of methoxy groups -OCH3 is 1. The number of Topliss-reactive ketones (excluding diaryl/α,β-unsaturated/α-hetero) is 1. The van der Waals surface area contributed by atoms with E-state index in [-0.39, 0.29) is 35.8 Å². The van der Waals surface area contributed by atoms with E-state index in [2.05, 4.69) is 5.32 Å². The minimum Gasteiger partial charge on any atom is -0.497 e. The van der Waals surface area contributed by atoms with Gasteiger partial charge in [0.25, 0.3) is 0 Å². The summed E-state index contributed by atoms with van der Waals surface area (Å²) >= 11 is 0. The molecule has 1 aliphatic heterocycles. The van der Waals surface area contributed by atoms with Crippen LogP contribution in [0.15, 0.2) is 59.8 Å². The average molecular weight is 365 g/mol. The largest absolute Gasteiger partial charge is 0.497 e. The number of hydrogen-bond donors (Lipinski definition) is 1. The summed E-state index contributed by atoms with van der Waals surface area (Å²) in [6.45, 7) is 0. The quantitative estimate of drug-likeness (QED) is 0.899. The molecule has 2 atom stereocenters. The number of halogens is 1. The first-order chi connectivity index (χ1) is 13.0. The molecule has 138 valence electrons. The summed E-state index contributed by atoms with van der Waals surface area (Å²) in [5.74, 6) is 0.118. The van der Waals surface area contributed by atoms with Gasteiger partial charge in [0.15, 0.2) is 5.78 Å². The molecule has 0 saturated heterocycles. The Balaban J connectivity index is 1.68. The Kier molecular flexibility index (Phi) is 4.52. The monoisotopic (exact) mass is 365 g/mol. The van der Waals surface area contributed by atoms with Crippen LogP contribution in [0, 0.1) is 5.82 Å². The van der Waals surface area contributed by atoms with E-state index in [4.69, 9.17) is 4.74 Å². The van der Waals surface area contributed by atoms with Gasteiger partial charge in [0.2, 0.25) is 5.91 Å². The third-order valence-electron chi connectivity index (χ3n) is 5.40. The van der Waals surface area contributed by atoms with Crippen molar-refractivity contribution in [2.75, 3.05) is 7.11 Å². The predicted octanol–water partition coefficient (Wildman–Crippen LogP) is 3.84. The van der Waals surface area contributed by atoms with Gasteiger partial charge in [-0.05, 0) is 47.7 Å². The van der Waals surface area contributed by atoms with Gasteiger partial charge in [-0.1, -0.05) is 24.3 Å². The molecule has 1 heterocycles. The molecule has 0 unspecified atom stereocenters. The smallest absolute Gasteiger partial charge is 0.225 e. The van der Waals surface area contributed by atoms with E-state index in [0.29, 0.717) is 24.1 Å². The Morgan fingerprint density at radius 1 is 0.926 bits per heavy atom. The highest BCUT2D eigenvalue weighted by Gasteiger charge is 2.38. The maximum Gasteiger partial charge on any atom is 0.225 e. The molecule has 0 saturated carbocycles. The van der Waals surface area contributed by atoms with Gasteiger partial charge in [-0.25, -0.2) is 4.39 Å². The molecule has 5 heteroatoms. The van der Waals surface area contributed by atoms with Crippen molar-refractivity contribution in [3.8, 4) is 5.75 Å². The van der Waals surface area contributed by atoms with Crippen LogP contribution in [-0.2, 0) is 9.59 Å². The summed E-state index contributed by atoms with van der Waals surface area (Å²) in [5.41, 5.74) is 3.26. The first kappa shape index (κ1) is 17.5. The minimum absolute atomic E-state index is 0.0476. The molecule has 4 rings (SSSR count). The van der Waals surface area contributed by atoms with Gasteiger partial charge in [-0.15, -0.1) is 0 Å². The van der Waals surface area contributed by atoms with Crippen molar-refractivity contribution in [2.45, 2.75) is 31.1 Å². The van der Waals surface area contributed by atoms with E-state index in [9.17, 15) is 14.0 Å². The van der Waals surface area contributed by atoms with Gasteiger partial charge in [0, 0.05) is 30.0 Å². The highest BCUT2D eigenvalue weighted by molar-refractivity contribution is 6.02. The number of nitrogens with one attached hydrogen (secondary N) is 1. The summed E-state index contributed by atoms with van der Waals surface area (Å²) in [5, 5.41) is 2.90. The fraction of sp³-hybridized carbons (Fsp3) is 0.273. The maximum atomic E-state index is 13.2. The normalized spacial score (nSPS) is 22.3. The van der Waals surface area contributed by atoms with Gasteiger partial charge in [-0.2, -0.15) is 0 Å². The van der Waals surface area contributed by atoms with Gasteiger partial charge < -0.3 is 10.1 Å². The van der Waals surface area contributed by atoms with Crippen LogP contribution in [0.25, 0.3) is 0 Å². The summed E-state index contributed by atoms with van der Waals surface area (Å²) in [6, 6.07) is 13.7. The van der Waals surface area contributed by atoms with Crippen LogP contribution in [0.5, 0.6) is 5.75 Å². The fourth-order valence-electron chi connectivity index (χ4n) is 4.05. The molecular weight excluding hydrogens is 345 g/mol. The Hall–Kier alpha value is -2.95. The van der Waals surface area contributed by atoms with Crippen LogP contribution < -0.4 is 10.1 Å². The Labute approximate surface area is 157 Å². The molecule has 0 aromatic heterocycles. The number of rotatable bonds is 3. The number of hydrogen-bond acceptors (Lipinski definition) is 3. The molecule has 1 N–H and O–H groups in total. The van der Waals surface area contributed by atoms with Crippen molar-refractivity contribution in [3.05, 3.63) is 76.7 Å². The molecular formula is C22H20FNO3. The van der Waals surface area contributed by atoms with Crippen molar-refractivity contribution in [1.82, 2.24) is 5.32 Å². The molecule has 0 radical (unpaired) electrons. The van der Waals surface area contributed by atoms with Crippen LogP contribution >= 0.6 is 0 Å². The molecule has 2 aromatic rings. The Morgan fingerprint density at radius 2 is 1.59 bits per heavy atom. The van der Waals surface area contributed by atoms with Gasteiger partial charge >= 0.3 is 0 Å². The second-order valence-corrected chi connectivity index (χ2v) is 7.05. The standard InChI is InChI=1S/C22H20FNO3/c1-27-17-8-4-14(5-9-17)18-12-21(26)24-19-10-15(11-20(25)22(18)19)13-2-6-16(23)7-3-13/h2-9,15,18H,10-12H2,1H3,(H,24,26)/t15-,18+/m1/s1. The van der Waals surface area contributed by atoms with E-state index >= 15 is 0 Å². The van der Waals surface area contributed by atoms with Crippen molar-refractivity contribution >= 4 is 11.7 Å². The molecule has 1 amide bonds. The summed E-state index contributed by atoms with van der Waals surface area (Å²) in [6.07, 6.45) is 1.20. The first-order valence-electron chi connectivity index (χ1n) is 9.00. The molecule has 2 aromatic carbocycles. The van der Waals surface area contributed by atoms with E-state index in [1.165, 1.54) is 12.1 Å². The van der Waals surface area contributed by atoms with Crippen LogP contribution in [0.2, 0.25) is 0 Å². The lowest BCUT2D eigenvalue weighted by Gasteiger charge is -2.34. The Morgan fingerprint density at radius 3 is 2.26 bits per heavy atom. The van der Waals surface area contributed by atoms with Crippen LogP contribution in [-0.4, -0.2) is 18.8 Å². The van der Waals surface area contributed by atoms with Crippen molar-refractivity contribution < 1.29 is 18.7 Å². The van der Waals surface area contributed by atoms with Crippen molar-refractivity contribution in [1.29, 1.82) is 0 Å². The summed E-state index contributed by atoms with van der Waals surface area (Å²) in [4.78, 5) is 25.3. The number of carbonyl (C=O) groups is 2. The van der Waals surface area contributed by atoms with E-state index in [0.717, 1.165) is 16.9 Å². The van der Waals surface area contributed by atoms with Crippen LogP contribution in [0.1, 0.15) is 42.2 Å². The fourth-order valence-corrected chi connectivity index (χ4v) is 4.05. The number of amides is 1. The highest BCUT2D eigenvalue weighted by Crippen LogP contribution is 2.42. The zero-order valence-electron chi connectivity index (χ0n) is 15.0. The lowest BCUT2D eigenvalue weighted by atomic mass is 9.73. The number of ketones is 1. The van der Waals surface area contributed by atoms with Gasteiger partial charge in [0.1, 0.15) is 11.6 Å². The zero-order valence-corrected chi connectivity index (χ0v) is 15.0. The number of carbonyl (C=O) groups excluding carboxylic acids is 2. The summed E-state index contributed by atoms with van der Waals surface area (Å²) < 4.78 is 18.4. The molecule has 0 spiro atoms. The molecule has 4 nitrogen and oxygen atoms in total. The molecule has 1 aliphatic carbocycles. The van der Waals surface area contributed by atoms with Crippen molar-refractivity contribution in [2.24, 2.45) is 0 Å². The average Bonchev–Trinajstić information content (AvgIpc) is 2.67. The topological polar surface area (TPSA) is 55.4 Å². The molecule has 0 fully saturated rings. The van der Waals surface area contributed by atoms with Crippen LogP contribution in [0.4, 0.5) is 4.39 Å². The lowest BCUT2D eigenvalue weighted by Crippen LogP contribution is -2.38. The second kappa shape index (κ2) is 6.99. The number of benzene rings is 2. The summed E-state index contributed by atoms with van der Waals surface area (Å²) in [7, 11) is 1.60. The maximum absolute atomic E-state index is 13.2. The Bertz CT molecular complexity index is 916. The third kappa shape index (κ3) is 3.37. The van der Waals surface area contributed by atoms with Gasteiger partial charge in [0.05, 0.1) is 7.11 Å². The zero-order chi connectivity index (χ0) is 19.0. The van der Waals surface area contributed by atoms with Crippen LogP contribution in [0.3, 0.4) is 0 Å². The van der Waals surface area contributed by atoms with E-state index in [1.807, 2.05) is 24.3 Å². The third-order valence-corrected chi connectivity index (χ3v) is 5.40. The van der Waals surface area contributed by atoms with E-state index < -0.39 is 0 Å². The molecule has 2 aliphatic rings. The molecule has 27 heavy (non-hydrogen) atoms. The first-order valence-corrected chi connectivity index (χ1v) is 9.00. The van der Waals surface area contributed by atoms with Crippen molar-refractivity contribution in [3.63, 3.8) is 0 Å². The second-order valence-electron chi connectivity index (χ2n) is 7.05. The lowest BCUT2D eigenvalue weighted by molar-refractivity contribution is -0.122.